The summed E-state index contributed by atoms with van der Waals surface area (Å²) in [5.41, 5.74) is 16.6. The molecule has 0 N–H and O–H groups in total. The molecule has 47 heavy (non-hydrogen) atoms. The van der Waals surface area contributed by atoms with Crippen LogP contribution in [0.25, 0.3) is 11.1 Å². The Hall–Kier alpha value is -5.02. The van der Waals surface area contributed by atoms with Gasteiger partial charge in [-0.25, -0.2) is 0 Å². The van der Waals surface area contributed by atoms with Crippen LogP contribution in [0, 0.1) is 0 Å². The molecule has 6 aromatic carbocycles. The van der Waals surface area contributed by atoms with Gasteiger partial charge in [0.15, 0.2) is 0 Å². The highest BCUT2D eigenvalue weighted by atomic mass is 15.2. The Bertz CT molecular complexity index is 2100. The van der Waals surface area contributed by atoms with Crippen molar-refractivity contribution in [1.82, 2.24) is 0 Å². The molecule has 2 aliphatic heterocycles. The van der Waals surface area contributed by atoms with Crippen LogP contribution in [0.2, 0.25) is 0 Å². The molecule has 2 nitrogen and oxygen atoms in total. The molecule has 6 aromatic rings. The molecule has 0 saturated carbocycles. The Balaban J connectivity index is 1.41. The second-order valence-corrected chi connectivity index (χ2v) is 15.1. The molecule has 0 fully saturated rings. The Morgan fingerprint density at radius 3 is 1.49 bits per heavy atom. The summed E-state index contributed by atoms with van der Waals surface area (Å²) in [6.45, 7) is 14.0. The van der Waals surface area contributed by atoms with Crippen LogP contribution in [0.3, 0.4) is 0 Å². The zero-order valence-corrected chi connectivity index (χ0v) is 28.3. The van der Waals surface area contributed by atoms with E-state index in [1.807, 2.05) is 0 Å². The van der Waals surface area contributed by atoms with Crippen LogP contribution in [0.1, 0.15) is 52.7 Å². The van der Waals surface area contributed by atoms with Crippen molar-refractivity contribution >= 4 is 57.2 Å². The van der Waals surface area contributed by atoms with Crippen LogP contribution in [-0.2, 0) is 10.8 Å². The van der Waals surface area contributed by atoms with Crippen LogP contribution in [0.15, 0.2) is 140 Å². The Labute approximate surface area is 280 Å². The van der Waals surface area contributed by atoms with Gasteiger partial charge in [0.05, 0.1) is 5.69 Å². The number of para-hydroxylation sites is 4. The van der Waals surface area contributed by atoms with E-state index in [4.69, 9.17) is 0 Å². The van der Waals surface area contributed by atoms with Gasteiger partial charge in [-0.15, -0.1) is 0 Å². The number of benzene rings is 6. The molecule has 0 radical (unpaired) electrons. The van der Waals surface area contributed by atoms with Gasteiger partial charge in [0, 0.05) is 34.0 Å². The summed E-state index contributed by atoms with van der Waals surface area (Å²) in [6, 6.07) is 51.9. The number of fused-ring (bicyclic) bond motifs is 4. The third kappa shape index (κ3) is 4.79. The quantitative estimate of drug-likeness (QED) is 0.184. The Morgan fingerprint density at radius 2 is 0.894 bits per heavy atom. The first-order chi connectivity index (χ1) is 22.6. The fourth-order valence-corrected chi connectivity index (χ4v) is 7.51. The average Bonchev–Trinajstić information content (AvgIpc) is 3.07. The molecule has 0 aliphatic carbocycles. The third-order valence-corrected chi connectivity index (χ3v) is 9.94. The fraction of sp³-hybridized carbons (Fsp3) is 0.182. The highest BCUT2D eigenvalue weighted by Crippen LogP contribution is 2.46. The van der Waals surface area contributed by atoms with Crippen LogP contribution >= 0.6 is 0 Å². The maximum absolute atomic E-state index is 2.53. The van der Waals surface area contributed by atoms with E-state index in [0.29, 0.717) is 0 Å². The van der Waals surface area contributed by atoms with Crippen molar-refractivity contribution in [2.75, 3.05) is 9.80 Å². The van der Waals surface area contributed by atoms with E-state index in [2.05, 4.69) is 191 Å². The van der Waals surface area contributed by atoms with Gasteiger partial charge in [0.2, 0.25) is 0 Å². The summed E-state index contributed by atoms with van der Waals surface area (Å²) in [5, 5.41) is 0. The minimum Gasteiger partial charge on any atom is -0.311 e. The molecule has 0 bridgehead atoms. The third-order valence-electron chi connectivity index (χ3n) is 9.94. The van der Waals surface area contributed by atoms with Gasteiger partial charge in [0.1, 0.15) is 0 Å². The number of rotatable bonds is 3. The van der Waals surface area contributed by atoms with E-state index in [-0.39, 0.29) is 17.5 Å². The molecule has 8 rings (SSSR count). The molecule has 3 heteroatoms. The van der Waals surface area contributed by atoms with Crippen molar-refractivity contribution in [3.8, 4) is 11.1 Å². The molecule has 0 atom stereocenters. The van der Waals surface area contributed by atoms with Gasteiger partial charge in [-0.1, -0.05) is 139 Å². The highest BCUT2D eigenvalue weighted by molar-refractivity contribution is 7.00. The lowest BCUT2D eigenvalue weighted by atomic mass is 9.33. The van der Waals surface area contributed by atoms with E-state index in [1.165, 1.54) is 72.8 Å². The molecule has 0 spiro atoms. The maximum Gasteiger partial charge on any atom is 0.252 e. The lowest BCUT2D eigenvalue weighted by Gasteiger charge is -2.44. The molecule has 0 aromatic heterocycles. The predicted molar refractivity (Wildman–Crippen MR) is 203 cm³/mol. The standard InChI is InChI=1S/C44H41BN2/c1-43(2,3)31-27-30(28-32(29-31)44(4,5)6)34-19-10-13-22-37(34)47-39-24-15-12-21-36(39)45-35-20-11-14-23-38(35)46(33-17-8-7-9-18-33)40-25-16-26-41(47)42(40)45/h7-29H,1-6H3. The normalized spacial score (nSPS) is 13.6. The Kier molecular flexibility index (Phi) is 6.74. The van der Waals surface area contributed by atoms with Crippen LogP contribution in [0.5, 0.6) is 0 Å². The number of hydrogen-bond donors (Lipinski definition) is 0. The summed E-state index contributed by atoms with van der Waals surface area (Å²) >= 11 is 0. The van der Waals surface area contributed by atoms with Crippen LogP contribution in [-0.4, -0.2) is 6.71 Å². The second-order valence-electron chi connectivity index (χ2n) is 15.1. The average molecular weight is 609 g/mol. The predicted octanol–water partition coefficient (Wildman–Crippen LogP) is 10.0. The highest BCUT2D eigenvalue weighted by Gasteiger charge is 2.43. The van der Waals surface area contributed by atoms with Gasteiger partial charge in [-0.2, -0.15) is 0 Å². The summed E-state index contributed by atoms with van der Waals surface area (Å²) in [7, 11) is 0. The molecule has 0 amide bonds. The monoisotopic (exact) mass is 608 g/mol. The van der Waals surface area contributed by atoms with Gasteiger partial charge < -0.3 is 9.80 Å². The van der Waals surface area contributed by atoms with Gasteiger partial charge >= 0.3 is 0 Å². The SMILES string of the molecule is CC(C)(C)c1cc(-c2ccccc2N2c3ccccc3B3c4ccccc4N(c4ccccc4)c4cccc2c43)cc(C(C)(C)C)c1. The van der Waals surface area contributed by atoms with Gasteiger partial charge in [0.25, 0.3) is 6.71 Å². The minimum absolute atomic E-state index is 0.0304. The molecule has 2 aliphatic rings. The zero-order valence-electron chi connectivity index (χ0n) is 28.3. The second kappa shape index (κ2) is 10.8. The van der Waals surface area contributed by atoms with Gasteiger partial charge in [-0.3, -0.25) is 0 Å². The zero-order chi connectivity index (χ0) is 32.5. The van der Waals surface area contributed by atoms with Gasteiger partial charge in [-0.05, 0) is 86.4 Å². The number of anilines is 6. The molecular weight excluding hydrogens is 567 g/mol. The molecule has 2 heterocycles. The number of hydrogen-bond acceptors (Lipinski definition) is 2. The maximum atomic E-state index is 2.53. The van der Waals surface area contributed by atoms with Crippen LogP contribution < -0.4 is 26.2 Å². The lowest BCUT2D eigenvalue weighted by molar-refractivity contribution is 0.569. The summed E-state index contributed by atoms with van der Waals surface area (Å²) < 4.78 is 0. The van der Waals surface area contributed by atoms with Crippen molar-refractivity contribution in [1.29, 1.82) is 0 Å². The molecule has 0 saturated heterocycles. The van der Waals surface area contributed by atoms with Crippen molar-refractivity contribution in [3.63, 3.8) is 0 Å². The van der Waals surface area contributed by atoms with Crippen molar-refractivity contribution in [2.24, 2.45) is 0 Å². The fourth-order valence-electron chi connectivity index (χ4n) is 7.51. The van der Waals surface area contributed by atoms with E-state index < -0.39 is 0 Å². The van der Waals surface area contributed by atoms with E-state index in [9.17, 15) is 0 Å². The van der Waals surface area contributed by atoms with E-state index >= 15 is 0 Å². The van der Waals surface area contributed by atoms with E-state index in [1.54, 1.807) is 0 Å². The summed E-state index contributed by atoms with van der Waals surface area (Å²) in [5.74, 6) is 0. The largest absolute Gasteiger partial charge is 0.311 e. The van der Waals surface area contributed by atoms with E-state index in [0.717, 1.165) is 0 Å². The lowest BCUT2D eigenvalue weighted by Crippen LogP contribution is -2.61. The molecule has 0 unspecified atom stereocenters. The smallest absolute Gasteiger partial charge is 0.252 e. The number of nitrogens with zero attached hydrogens (tertiary/aromatic N) is 2. The molecular formula is C44H41BN2. The van der Waals surface area contributed by atoms with Crippen molar-refractivity contribution < 1.29 is 0 Å². The first-order valence-electron chi connectivity index (χ1n) is 16.8. The molecule has 230 valence electrons. The first-order valence-corrected chi connectivity index (χ1v) is 16.8. The van der Waals surface area contributed by atoms with Crippen molar-refractivity contribution in [2.45, 2.75) is 52.4 Å². The topological polar surface area (TPSA) is 6.48 Å². The summed E-state index contributed by atoms with van der Waals surface area (Å²) in [6.07, 6.45) is 0. The minimum atomic E-state index is 0.0304. The first kappa shape index (κ1) is 29.4. The van der Waals surface area contributed by atoms with Crippen LogP contribution in [0.4, 0.5) is 34.1 Å². The summed E-state index contributed by atoms with van der Waals surface area (Å²) in [4.78, 5) is 4.97. The Morgan fingerprint density at radius 1 is 0.426 bits per heavy atom. The van der Waals surface area contributed by atoms with Crippen molar-refractivity contribution in [3.05, 3.63) is 151 Å².